The van der Waals surface area contributed by atoms with Crippen LogP contribution in [-0.4, -0.2) is 15.7 Å². The number of nitrogens with zero attached hydrogens (tertiary/aromatic N) is 2. The van der Waals surface area contributed by atoms with Crippen molar-refractivity contribution >= 4 is 5.91 Å². The molecule has 0 fully saturated rings. The smallest absolute Gasteiger partial charge is 0.245 e. The summed E-state index contributed by atoms with van der Waals surface area (Å²) in [6.45, 7) is 6.07. The Bertz CT molecular complexity index is 534. The van der Waals surface area contributed by atoms with E-state index >= 15 is 0 Å². The second-order valence-corrected chi connectivity index (χ2v) is 5.30. The van der Waals surface area contributed by atoms with Crippen molar-refractivity contribution in [1.29, 1.82) is 0 Å². The van der Waals surface area contributed by atoms with E-state index in [1.165, 1.54) is 0 Å². The van der Waals surface area contributed by atoms with Crippen LogP contribution in [0.1, 0.15) is 38.4 Å². The third-order valence-corrected chi connectivity index (χ3v) is 3.42. The molecule has 0 radical (unpaired) electrons. The summed E-state index contributed by atoms with van der Waals surface area (Å²) in [6, 6.07) is 11.6. The largest absolute Gasteiger partial charge is 0.347 e. The molecule has 2 atom stereocenters. The van der Waals surface area contributed by atoms with Gasteiger partial charge in [0.05, 0.1) is 6.04 Å². The van der Waals surface area contributed by atoms with Crippen LogP contribution >= 0.6 is 0 Å². The predicted molar refractivity (Wildman–Crippen MR) is 79.1 cm³/mol. The van der Waals surface area contributed by atoms with E-state index < -0.39 is 0 Å². The van der Waals surface area contributed by atoms with Gasteiger partial charge in [-0.2, -0.15) is 5.10 Å². The quantitative estimate of drug-likeness (QED) is 0.908. The molecule has 0 spiro atoms. The Balaban J connectivity index is 2.11. The van der Waals surface area contributed by atoms with E-state index in [9.17, 15) is 4.79 Å². The Labute approximate surface area is 119 Å². The van der Waals surface area contributed by atoms with E-state index in [0.29, 0.717) is 5.92 Å². The zero-order chi connectivity index (χ0) is 14.5. The van der Waals surface area contributed by atoms with Gasteiger partial charge >= 0.3 is 0 Å². The van der Waals surface area contributed by atoms with Crippen molar-refractivity contribution in [3.05, 3.63) is 54.4 Å². The SMILES string of the molecule is CC(C)C(NC(=O)C(C)n1cccn1)c1ccccc1. The first-order valence-electron chi connectivity index (χ1n) is 6.94. The Kier molecular flexibility index (Phi) is 4.56. The van der Waals surface area contributed by atoms with Crippen molar-refractivity contribution in [2.75, 3.05) is 0 Å². The van der Waals surface area contributed by atoms with E-state index in [1.807, 2.05) is 43.3 Å². The number of rotatable bonds is 5. The molecule has 0 aliphatic carbocycles. The van der Waals surface area contributed by atoms with Gasteiger partial charge in [0.25, 0.3) is 0 Å². The third-order valence-electron chi connectivity index (χ3n) is 3.42. The highest BCUT2D eigenvalue weighted by Gasteiger charge is 2.22. The first-order valence-corrected chi connectivity index (χ1v) is 6.94. The van der Waals surface area contributed by atoms with Crippen LogP contribution in [0.4, 0.5) is 0 Å². The standard InChI is InChI=1S/C16H21N3O/c1-12(2)15(14-8-5-4-6-9-14)18-16(20)13(3)19-11-7-10-17-19/h4-13,15H,1-3H3,(H,18,20). The van der Waals surface area contributed by atoms with Gasteiger partial charge in [0.1, 0.15) is 6.04 Å². The van der Waals surface area contributed by atoms with Crippen LogP contribution in [0.5, 0.6) is 0 Å². The molecule has 1 aromatic heterocycles. The lowest BCUT2D eigenvalue weighted by Crippen LogP contribution is -2.36. The minimum absolute atomic E-state index is 0.0155. The van der Waals surface area contributed by atoms with Crippen LogP contribution in [-0.2, 0) is 4.79 Å². The molecule has 1 aromatic carbocycles. The lowest BCUT2D eigenvalue weighted by Gasteiger charge is -2.24. The minimum Gasteiger partial charge on any atom is -0.347 e. The molecule has 2 aromatic rings. The zero-order valence-electron chi connectivity index (χ0n) is 12.2. The summed E-state index contributed by atoms with van der Waals surface area (Å²) in [5, 5.41) is 7.24. The lowest BCUT2D eigenvalue weighted by molar-refractivity contribution is -0.125. The first kappa shape index (κ1) is 14.3. The average Bonchev–Trinajstić information content (AvgIpc) is 2.98. The topological polar surface area (TPSA) is 46.9 Å². The van der Waals surface area contributed by atoms with E-state index in [1.54, 1.807) is 17.1 Å². The maximum atomic E-state index is 12.4. The summed E-state index contributed by atoms with van der Waals surface area (Å²) in [7, 11) is 0. The number of nitrogens with one attached hydrogen (secondary N) is 1. The molecule has 2 unspecified atom stereocenters. The average molecular weight is 271 g/mol. The van der Waals surface area contributed by atoms with E-state index in [4.69, 9.17) is 0 Å². The predicted octanol–water partition coefficient (Wildman–Crippen LogP) is 2.96. The van der Waals surface area contributed by atoms with Crippen LogP contribution < -0.4 is 5.32 Å². The normalized spacial score (nSPS) is 14.0. The van der Waals surface area contributed by atoms with Gasteiger partial charge in [-0.05, 0) is 24.5 Å². The highest BCUT2D eigenvalue weighted by molar-refractivity contribution is 5.80. The molecular formula is C16H21N3O. The number of hydrogen-bond donors (Lipinski definition) is 1. The summed E-state index contributed by atoms with van der Waals surface area (Å²) in [5.41, 5.74) is 1.13. The molecule has 106 valence electrons. The third kappa shape index (κ3) is 3.26. The monoisotopic (exact) mass is 271 g/mol. The highest BCUT2D eigenvalue weighted by Crippen LogP contribution is 2.22. The van der Waals surface area contributed by atoms with Crippen LogP contribution in [0.25, 0.3) is 0 Å². The summed E-state index contributed by atoms with van der Waals surface area (Å²) in [4.78, 5) is 12.4. The molecule has 0 aliphatic heterocycles. The molecule has 4 nitrogen and oxygen atoms in total. The molecule has 1 heterocycles. The minimum atomic E-state index is -0.310. The first-order chi connectivity index (χ1) is 9.59. The van der Waals surface area contributed by atoms with Crippen molar-refractivity contribution in [2.45, 2.75) is 32.9 Å². The van der Waals surface area contributed by atoms with Crippen LogP contribution in [0.3, 0.4) is 0 Å². The molecule has 2 rings (SSSR count). The summed E-state index contributed by atoms with van der Waals surface area (Å²) in [6.07, 6.45) is 3.48. The summed E-state index contributed by atoms with van der Waals surface area (Å²) in [5.74, 6) is 0.308. The van der Waals surface area contributed by atoms with Gasteiger partial charge in [0.15, 0.2) is 0 Å². The van der Waals surface area contributed by atoms with Crippen molar-refractivity contribution < 1.29 is 4.79 Å². The van der Waals surface area contributed by atoms with Crippen LogP contribution in [0.15, 0.2) is 48.8 Å². The van der Waals surface area contributed by atoms with E-state index in [0.717, 1.165) is 5.56 Å². The Morgan fingerprint density at radius 3 is 2.40 bits per heavy atom. The summed E-state index contributed by atoms with van der Waals surface area (Å²) < 4.78 is 1.66. The number of hydrogen-bond acceptors (Lipinski definition) is 2. The van der Waals surface area contributed by atoms with Gasteiger partial charge in [0.2, 0.25) is 5.91 Å². The Hall–Kier alpha value is -2.10. The molecule has 1 amide bonds. The molecule has 1 N–H and O–H groups in total. The lowest BCUT2D eigenvalue weighted by atomic mass is 9.96. The zero-order valence-corrected chi connectivity index (χ0v) is 12.2. The fourth-order valence-electron chi connectivity index (χ4n) is 2.20. The second-order valence-electron chi connectivity index (χ2n) is 5.30. The number of carbonyl (C=O) groups is 1. The maximum absolute atomic E-state index is 12.4. The second kappa shape index (κ2) is 6.37. The van der Waals surface area contributed by atoms with E-state index in [-0.39, 0.29) is 18.0 Å². The number of benzene rings is 1. The van der Waals surface area contributed by atoms with Crippen molar-refractivity contribution in [2.24, 2.45) is 5.92 Å². The molecule has 4 heteroatoms. The molecule has 0 saturated heterocycles. The summed E-state index contributed by atoms with van der Waals surface area (Å²) >= 11 is 0. The Morgan fingerprint density at radius 2 is 1.85 bits per heavy atom. The fraction of sp³-hybridized carbons (Fsp3) is 0.375. The Morgan fingerprint density at radius 1 is 1.15 bits per heavy atom. The fourth-order valence-corrected chi connectivity index (χ4v) is 2.20. The highest BCUT2D eigenvalue weighted by atomic mass is 16.2. The van der Waals surface area contributed by atoms with Crippen molar-refractivity contribution in [3.63, 3.8) is 0 Å². The van der Waals surface area contributed by atoms with Gasteiger partial charge in [0, 0.05) is 12.4 Å². The van der Waals surface area contributed by atoms with E-state index in [2.05, 4.69) is 24.3 Å². The number of amides is 1. The van der Waals surface area contributed by atoms with Crippen molar-refractivity contribution in [1.82, 2.24) is 15.1 Å². The van der Waals surface area contributed by atoms with Gasteiger partial charge < -0.3 is 5.32 Å². The van der Waals surface area contributed by atoms with Gasteiger partial charge in [-0.25, -0.2) is 0 Å². The van der Waals surface area contributed by atoms with Gasteiger partial charge in [-0.3, -0.25) is 9.48 Å². The number of carbonyl (C=O) groups excluding carboxylic acids is 1. The molecular weight excluding hydrogens is 250 g/mol. The molecule has 0 aliphatic rings. The van der Waals surface area contributed by atoms with Crippen LogP contribution in [0.2, 0.25) is 0 Å². The van der Waals surface area contributed by atoms with Gasteiger partial charge in [-0.15, -0.1) is 0 Å². The molecule has 0 saturated carbocycles. The molecule has 20 heavy (non-hydrogen) atoms. The van der Waals surface area contributed by atoms with Crippen LogP contribution in [0, 0.1) is 5.92 Å². The molecule has 0 bridgehead atoms. The maximum Gasteiger partial charge on any atom is 0.245 e. The van der Waals surface area contributed by atoms with Gasteiger partial charge in [-0.1, -0.05) is 44.2 Å². The number of aromatic nitrogens is 2. The van der Waals surface area contributed by atoms with Crippen molar-refractivity contribution in [3.8, 4) is 0 Å².